The van der Waals surface area contributed by atoms with Crippen molar-refractivity contribution in [3.05, 3.63) is 75.7 Å². The number of thiazole rings is 1. The minimum atomic E-state index is -1.24. The highest BCUT2D eigenvalue weighted by Crippen LogP contribution is 2.44. The van der Waals surface area contributed by atoms with Crippen molar-refractivity contribution < 1.29 is 24.2 Å². The molecule has 0 fully saturated rings. The molecule has 34 heavy (non-hydrogen) atoms. The van der Waals surface area contributed by atoms with E-state index in [0.29, 0.717) is 0 Å². The lowest BCUT2D eigenvalue weighted by Gasteiger charge is -2.23. The summed E-state index contributed by atoms with van der Waals surface area (Å²) in [6.45, 7) is 2.21. The Morgan fingerprint density at radius 2 is 1.74 bits per heavy atom. The molecule has 1 aliphatic rings. The van der Waals surface area contributed by atoms with Gasteiger partial charge in [-0.1, -0.05) is 48.5 Å². The topological polar surface area (TPSA) is 109 Å². The van der Waals surface area contributed by atoms with Crippen molar-refractivity contribution in [2.24, 2.45) is 0 Å². The zero-order chi connectivity index (χ0) is 24.2. The molecule has 2 aromatic carbocycles. The number of aromatic nitrogens is 1. The maximum Gasteiger partial charge on any atom is 0.407 e. The highest BCUT2D eigenvalue weighted by Gasteiger charge is 2.31. The number of ether oxygens (including phenoxy) is 1. The maximum absolute atomic E-state index is 12.9. The van der Waals surface area contributed by atoms with Gasteiger partial charge in [0.15, 0.2) is 0 Å². The summed E-state index contributed by atoms with van der Waals surface area (Å²) in [5.74, 6) is -1.84. The molecule has 0 aliphatic heterocycles. The average molecular weight is 480 g/mol. The van der Waals surface area contributed by atoms with E-state index < -0.39 is 30.4 Å². The second kappa shape index (κ2) is 10.0. The quantitative estimate of drug-likeness (QED) is 0.509. The highest BCUT2D eigenvalue weighted by atomic mass is 32.1. The van der Waals surface area contributed by atoms with Crippen LogP contribution in [0.25, 0.3) is 11.1 Å². The maximum atomic E-state index is 12.9. The number of benzene rings is 2. The molecular weight excluding hydrogens is 454 g/mol. The van der Waals surface area contributed by atoms with Crippen LogP contribution in [-0.2, 0) is 20.9 Å². The third-order valence-electron chi connectivity index (χ3n) is 5.75. The van der Waals surface area contributed by atoms with Crippen LogP contribution < -0.4 is 5.32 Å². The summed E-state index contributed by atoms with van der Waals surface area (Å²) in [5.41, 5.74) is 4.33. The second-order valence-corrected chi connectivity index (χ2v) is 9.48. The molecule has 0 bridgehead atoms. The molecule has 2 N–H and O–H groups in total. The van der Waals surface area contributed by atoms with E-state index in [1.165, 1.54) is 16.2 Å². The number of carbonyl (C=O) groups excluding carboxylic acids is 2. The van der Waals surface area contributed by atoms with Gasteiger partial charge in [0, 0.05) is 24.0 Å². The van der Waals surface area contributed by atoms with Crippen molar-refractivity contribution in [3.63, 3.8) is 0 Å². The van der Waals surface area contributed by atoms with Crippen molar-refractivity contribution in [2.45, 2.75) is 31.8 Å². The fraction of sp³-hybridized carbons (Fsp3) is 0.280. The number of alkyl carbamates (subject to hydrolysis) is 1. The number of carbonyl (C=O) groups is 3. The Hall–Kier alpha value is -3.72. The first-order valence-corrected chi connectivity index (χ1v) is 11.6. The van der Waals surface area contributed by atoms with Gasteiger partial charge in [-0.15, -0.1) is 11.3 Å². The number of nitrogens with zero attached hydrogens (tertiary/aromatic N) is 2. The van der Waals surface area contributed by atoms with E-state index in [4.69, 9.17) is 4.74 Å². The van der Waals surface area contributed by atoms with Gasteiger partial charge < -0.3 is 20.1 Å². The van der Waals surface area contributed by atoms with Crippen molar-refractivity contribution in [3.8, 4) is 11.1 Å². The number of aliphatic carboxylic acids is 1. The van der Waals surface area contributed by atoms with Gasteiger partial charge in [0.1, 0.15) is 12.6 Å². The largest absolute Gasteiger partial charge is 0.481 e. The summed E-state index contributed by atoms with van der Waals surface area (Å²) in [7, 11) is 1.56. The van der Waals surface area contributed by atoms with Crippen LogP contribution in [0.4, 0.5) is 4.79 Å². The zero-order valence-electron chi connectivity index (χ0n) is 18.9. The number of likely N-dealkylation sites (N-methyl/N-ethyl adjacent to an activating group) is 1. The zero-order valence-corrected chi connectivity index (χ0v) is 19.7. The summed E-state index contributed by atoms with van der Waals surface area (Å²) in [5, 5.41) is 12.6. The number of carboxylic acids is 1. The van der Waals surface area contributed by atoms with Gasteiger partial charge in [0.25, 0.3) is 0 Å². The summed E-state index contributed by atoms with van der Waals surface area (Å²) in [6.07, 6.45) is 0.299. The lowest BCUT2D eigenvalue weighted by molar-refractivity contribution is -0.142. The number of amides is 2. The van der Waals surface area contributed by atoms with Crippen molar-refractivity contribution in [1.29, 1.82) is 0 Å². The third-order valence-corrected chi connectivity index (χ3v) is 6.65. The van der Waals surface area contributed by atoms with Crippen LogP contribution in [0.3, 0.4) is 0 Å². The fourth-order valence-corrected chi connectivity index (χ4v) is 5.06. The molecule has 1 unspecified atom stereocenters. The predicted octanol–water partition coefficient (Wildman–Crippen LogP) is 3.79. The Morgan fingerprint density at radius 3 is 2.29 bits per heavy atom. The van der Waals surface area contributed by atoms with Gasteiger partial charge in [0.2, 0.25) is 5.91 Å². The van der Waals surface area contributed by atoms with Gasteiger partial charge in [-0.25, -0.2) is 9.78 Å². The van der Waals surface area contributed by atoms with Gasteiger partial charge in [-0.3, -0.25) is 9.59 Å². The molecule has 0 saturated carbocycles. The number of hydrogen-bond donors (Lipinski definition) is 2. The molecule has 0 saturated heterocycles. The minimum absolute atomic E-state index is 0.0732. The minimum Gasteiger partial charge on any atom is -0.481 e. The molecule has 1 aliphatic carbocycles. The lowest BCUT2D eigenvalue weighted by Crippen LogP contribution is -2.48. The number of nitrogens with one attached hydrogen (secondary N) is 1. The monoisotopic (exact) mass is 479 g/mol. The van der Waals surface area contributed by atoms with Gasteiger partial charge in [-0.2, -0.15) is 0 Å². The molecule has 4 rings (SSSR count). The van der Waals surface area contributed by atoms with Crippen molar-refractivity contribution in [1.82, 2.24) is 15.2 Å². The Bertz CT molecular complexity index is 1180. The fourth-order valence-electron chi connectivity index (χ4n) is 4.21. The lowest BCUT2D eigenvalue weighted by atomic mass is 9.98. The Kier molecular flexibility index (Phi) is 6.93. The van der Waals surface area contributed by atoms with Crippen molar-refractivity contribution >= 4 is 29.3 Å². The van der Waals surface area contributed by atoms with E-state index in [0.717, 1.165) is 32.1 Å². The summed E-state index contributed by atoms with van der Waals surface area (Å²) in [4.78, 5) is 43.2. The summed E-state index contributed by atoms with van der Waals surface area (Å²) < 4.78 is 5.48. The average Bonchev–Trinajstić information content (AvgIpc) is 3.37. The smallest absolute Gasteiger partial charge is 0.407 e. The molecule has 3 aromatic rings. The second-order valence-electron chi connectivity index (χ2n) is 8.16. The van der Waals surface area contributed by atoms with Crippen LogP contribution in [0.15, 0.2) is 54.7 Å². The van der Waals surface area contributed by atoms with E-state index in [2.05, 4.69) is 10.3 Å². The molecule has 0 radical (unpaired) electrons. The SMILES string of the molecule is Cc1ncc(CN(C)C(=O)C(CC(=O)O)NC(=O)OCC2c3ccccc3-c3ccccc32)s1. The van der Waals surface area contributed by atoms with Crippen LogP contribution in [0.1, 0.15) is 33.4 Å². The first-order chi connectivity index (χ1) is 16.3. The van der Waals surface area contributed by atoms with Crippen LogP contribution >= 0.6 is 11.3 Å². The Balaban J connectivity index is 1.41. The standard InChI is InChI=1S/C25H25N3O5S/c1-15-26-12-16(34-15)13-28(2)24(31)22(11-23(29)30)27-25(32)33-14-21-19-9-5-3-7-17(19)18-8-4-6-10-20(18)21/h3-10,12,21-22H,11,13-14H2,1-2H3,(H,27,32)(H,29,30). The van der Waals surface area contributed by atoms with E-state index >= 15 is 0 Å². The molecule has 176 valence electrons. The van der Waals surface area contributed by atoms with E-state index in [-0.39, 0.29) is 19.1 Å². The number of hydrogen-bond acceptors (Lipinski definition) is 6. The number of aryl methyl sites for hydroxylation is 1. The van der Waals surface area contributed by atoms with Crippen LogP contribution in [-0.4, -0.2) is 52.7 Å². The number of rotatable bonds is 8. The van der Waals surface area contributed by atoms with Crippen LogP contribution in [0.2, 0.25) is 0 Å². The molecular formula is C25H25N3O5S. The van der Waals surface area contributed by atoms with Crippen molar-refractivity contribution in [2.75, 3.05) is 13.7 Å². The first kappa shape index (κ1) is 23.4. The van der Waals surface area contributed by atoms with E-state index in [1.807, 2.05) is 55.5 Å². The van der Waals surface area contributed by atoms with Gasteiger partial charge in [0.05, 0.1) is 18.0 Å². The highest BCUT2D eigenvalue weighted by molar-refractivity contribution is 7.11. The molecule has 8 nitrogen and oxygen atoms in total. The van der Waals surface area contributed by atoms with Gasteiger partial charge >= 0.3 is 12.1 Å². The summed E-state index contributed by atoms with van der Waals surface area (Å²) >= 11 is 1.45. The molecule has 1 heterocycles. The third kappa shape index (κ3) is 5.09. The predicted molar refractivity (Wildman–Crippen MR) is 128 cm³/mol. The van der Waals surface area contributed by atoms with E-state index in [1.54, 1.807) is 13.2 Å². The van der Waals surface area contributed by atoms with E-state index in [9.17, 15) is 19.5 Å². The van der Waals surface area contributed by atoms with Gasteiger partial charge in [-0.05, 0) is 29.2 Å². The first-order valence-electron chi connectivity index (χ1n) is 10.8. The number of fused-ring (bicyclic) bond motifs is 3. The normalized spacial score (nSPS) is 13.0. The molecule has 1 aromatic heterocycles. The molecule has 0 spiro atoms. The van der Waals surface area contributed by atoms with Crippen LogP contribution in [0.5, 0.6) is 0 Å². The Morgan fingerprint density at radius 1 is 1.12 bits per heavy atom. The summed E-state index contributed by atoms with van der Waals surface area (Å²) in [6, 6.07) is 14.7. The van der Waals surface area contributed by atoms with Crippen LogP contribution in [0, 0.1) is 6.92 Å². The number of carboxylic acid groups (broad SMARTS) is 1. The molecule has 9 heteroatoms. The molecule has 2 amide bonds. The Labute approximate surface area is 201 Å². The molecule has 1 atom stereocenters.